The normalized spacial score (nSPS) is 15.5. The Morgan fingerprint density at radius 3 is 2.70 bits per heavy atom. The van der Waals surface area contributed by atoms with Gasteiger partial charge in [0.1, 0.15) is 5.00 Å². The second kappa shape index (κ2) is 8.34. The van der Waals surface area contributed by atoms with Crippen LogP contribution in [0.2, 0.25) is 5.02 Å². The fourth-order valence-corrected chi connectivity index (χ4v) is 5.79. The minimum Gasteiger partial charge on any atom is -0.365 e. The molecule has 0 saturated heterocycles. The molecular formula is C22H20ClN3O2S2. The number of hydrogen-bond donors (Lipinski definition) is 3. The number of nitrogens with two attached hydrogens (primary N) is 1. The summed E-state index contributed by atoms with van der Waals surface area (Å²) < 4.78 is 0. The molecule has 1 atom stereocenters. The maximum atomic E-state index is 12.9. The summed E-state index contributed by atoms with van der Waals surface area (Å²) >= 11 is 13.1. The summed E-state index contributed by atoms with van der Waals surface area (Å²) in [5, 5.41) is 8.54. The standard InChI is InChI=1S/C22H20ClN3O2S2/c1-11-8-9-15-17(10-11)30-21(18(15)19(24)27)26-22(29)25-20(28)14-6-2-5-13-12(14)4-3-7-16(13)23/h2-7,11H,8-10H2,1H3,(H2,24,27)(H2,25,26,28,29)/t11-/m1/s1. The third kappa shape index (κ3) is 3.93. The fourth-order valence-electron chi connectivity index (χ4n) is 3.87. The molecule has 0 fully saturated rings. The average Bonchev–Trinajstić information content (AvgIpc) is 3.04. The van der Waals surface area contributed by atoms with Crippen LogP contribution in [0.4, 0.5) is 5.00 Å². The first kappa shape index (κ1) is 20.8. The predicted molar refractivity (Wildman–Crippen MR) is 127 cm³/mol. The lowest BCUT2D eigenvalue weighted by molar-refractivity contribution is 0.0977. The van der Waals surface area contributed by atoms with Crippen LogP contribution in [0, 0.1) is 5.92 Å². The van der Waals surface area contributed by atoms with Gasteiger partial charge in [0.15, 0.2) is 5.11 Å². The van der Waals surface area contributed by atoms with E-state index in [-0.39, 0.29) is 11.0 Å². The summed E-state index contributed by atoms with van der Waals surface area (Å²) in [6, 6.07) is 10.8. The SMILES string of the molecule is C[C@@H]1CCc2c(sc(NC(=S)NC(=O)c3cccc4c(Cl)cccc34)c2C(N)=O)C1. The van der Waals surface area contributed by atoms with Gasteiger partial charge in [0.25, 0.3) is 11.8 Å². The van der Waals surface area contributed by atoms with Crippen LogP contribution in [0.3, 0.4) is 0 Å². The molecule has 4 N–H and O–H groups in total. The smallest absolute Gasteiger partial charge is 0.258 e. The first-order valence-corrected chi connectivity index (χ1v) is 11.2. The summed E-state index contributed by atoms with van der Waals surface area (Å²) in [6.45, 7) is 2.20. The van der Waals surface area contributed by atoms with E-state index in [1.807, 2.05) is 12.1 Å². The Labute approximate surface area is 188 Å². The van der Waals surface area contributed by atoms with Gasteiger partial charge in [-0.15, -0.1) is 11.3 Å². The van der Waals surface area contributed by atoms with Crippen molar-refractivity contribution in [2.45, 2.75) is 26.2 Å². The van der Waals surface area contributed by atoms with E-state index in [9.17, 15) is 9.59 Å². The van der Waals surface area contributed by atoms with Crippen LogP contribution >= 0.6 is 35.2 Å². The zero-order chi connectivity index (χ0) is 21.4. The third-order valence-electron chi connectivity index (χ3n) is 5.33. The molecule has 2 aromatic carbocycles. The van der Waals surface area contributed by atoms with Crippen molar-refractivity contribution in [1.29, 1.82) is 0 Å². The van der Waals surface area contributed by atoms with E-state index in [0.717, 1.165) is 40.5 Å². The van der Waals surface area contributed by atoms with Crippen molar-refractivity contribution in [2.24, 2.45) is 11.7 Å². The molecular weight excluding hydrogens is 438 g/mol. The maximum absolute atomic E-state index is 12.9. The molecule has 8 heteroatoms. The van der Waals surface area contributed by atoms with Gasteiger partial charge in [0, 0.05) is 20.8 Å². The van der Waals surface area contributed by atoms with Crippen LogP contribution < -0.4 is 16.4 Å². The van der Waals surface area contributed by atoms with E-state index in [0.29, 0.717) is 27.1 Å². The van der Waals surface area contributed by atoms with Gasteiger partial charge in [-0.25, -0.2) is 0 Å². The monoisotopic (exact) mass is 457 g/mol. The first-order chi connectivity index (χ1) is 14.3. The summed E-state index contributed by atoms with van der Waals surface area (Å²) in [4.78, 5) is 26.1. The fraction of sp³-hybridized carbons (Fsp3) is 0.227. The van der Waals surface area contributed by atoms with Crippen LogP contribution in [-0.2, 0) is 12.8 Å². The van der Waals surface area contributed by atoms with Gasteiger partial charge >= 0.3 is 0 Å². The quantitative estimate of drug-likeness (QED) is 0.488. The Morgan fingerprint density at radius 2 is 1.93 bits per heavy atom. The Kier molecular flexibility index (Phi) is 5.77. The molecule has 2 amide bonds. The molecule has 0 aliphatic heterocycles. The molecule has 4 rings (SSSR count). The zero-order valence-electron chi connectivity index (χ0n) is 16.3. The summed E-state index contributed by atoms with van der Waals surface area (Å²) in [6.07, 6.45) is 2.76. The van der Waals surface area contributed by atoms with Gasteiger partial charge in [0.05, 0.1) is 5.56 Å². The molecule has 1 heterocycles. The minimum absolute atomic E-state index is 0.119. The number of nitrogens with one attached hydrogen (secondary N) is 2. The number of halogens is 1. The van der Waals surface area contributed by atoms with Crippen LogP contribution in [0.5, 0.6) is 0 Å². The molecule has 1 aliphatic rings. The number of anilines is 1. The van der Waals surface area contributed by atoms with Gasteiger partial charge in [-0.3, -0.25) is 14.9 Å². The first-order valence-electron chi connectivity index (χ1n) is 9.59. The highest BCUT2D eigenvalue weighted by Gasteiger charge is 2.27. The highest BCUT2D eigenvalue weighted by molar-refractivity contribution is 7.80. The summed E-state index contributed by atoms with van der Waals surface area (Å²) in [5.41, 5.74) is 7.60. The molecule has 0 spiro atoms. The van der Waals surface area contributed by atoms with Crippen molar-refractivity contribution >= 4 is 67.9 Å². The van der Waals surface area contributed by atoms with E-state index in [4.69, 9.17) is 29.6 Å². The van der Waals surface area contributed by atoms with Crippen LogP contribution in [0.15, 0.2) is 36.4 Å². The molecule has 0 bridgehead atoms. The molecule has 5 nitrogen and oxygen atoms in total. The van der Waals surface area contributed by atoms with Gasteiger partial charge in [0.2, 0.25) is 0 Å². The largest absolute Gasteiger partial charge is 0.365 e. The van der Waals surface area contributed by atoms with E-state index in [1.165, 1.54) is 11.3 Å². The Bertz CT molecular complexity index is 1190. The van der Waals surface area contributed by atoms with Gasteiger partial charge in [-0.05, 0) is 60.5 Å². The van der Waals surface area contributed by atoms with E-state index in [2.05, 4.69) is 17.6 Å². The van der Waals surface area contributed by atoms with Crippen molar-refractivity contribution in [3.63, 3.8) is 0 Å². The minimum atomic E-state index is -0.484. The molecule has 0 radical (unpaired) electrons. The molecule has 3 aromatic rings. The van der Waals surface area contributed by atoms with Crippen LogP contribution in [-0.4, -0.2) is 16.9 Å². The zero-order valence-corrected chi connectivity index (χ0v) is 18.6. The highest BCUT2D eigenvalue weighted by Crippen LogP contribution is 2.39. The van der Waals surface area contributed by atoms with Crippen molar-refractivity contribution in [1.82, 2.24) is 5.32 Å². The van der Waals surface area contributed by atoms with E-state index in [1.54, 1.807) is 24.3 Å². The molecule has 1 aliphatic carbocycles. The third-order valence-corrected chi connectivity index (χ3v) is 7.03. The Balaban J connectivity index is 1.57. The summed E-state index contributed by atoms with van der Waals surface area (Å²) in [5.74, 6) is -0.270. The molecule has 1 aromatic heterocycles. The second-order valence-electron chi connectivity index (χ2n) is 7.47. The van der Waals surface area contributed by atoms with E-state index >= 15 is 0 Å². The lowest BCUT2D eigenvalue weighted by atomic mass is 9.88. The van der Waals surface area contributed by atoms with Crippen molar-refractivity contribution in [2.75, 3.05) is 5.32 Å². The number of thiophene rings is 1. The molecule has 154 valence electrons. The van der Waals surface area contributed by atoms with Gasteiger partial charge < -0.3 is 11.1 Å². The number of primary amides is 1. The van der Waals surface area contributed by atoms with Crippen molar-refractivity contribution in [3.8, 4) is 0 Å². The van der Waals surface area contributed by atoms with Gasteiger partial charge in [-0.2, -0.15) is 0 Å². The van der Waals surface area contributed by atoms with E-state index < -0.39 is 5.91 Å². The summed E-state index contributed by atoms with van der Waals surface area (Å²) in [7, 11) is 0. The topological polar surface area (TPSA) is 84.2 Å². The number of amides is 2. The van der Waals surface area contributed by atoms with Gasteiger partial charge in [-0.1, -0.05) is 42.8 Å². The molecule has 0 saturated carbocycles. The second-order valence-corrected chi connectivity index (χ2v) is 9.39. The average molecular weight is 458 g/mol. The van der Waals surface area contributed by atoms with Crippen molar-refractivity contribution in [3.05, 3.63) is 63.0 Å². The van der Waals surface area contributed by atoms with Crippen molar-refractivity contribution < 1.29 is 9.59 Å². The lowest BCUT2D eigenvalue weighted by Crippen LogP contribution is -2.34. The molecule has 0 unspecified atom stereocenters. The maximum Gasteiger partial charge on any atom is 0.258 e. The highest BCUT2D eigenvalue weighted by atomic mass is 35.5. The number of carbonyl (C=O) groups excluding carboxylic acids is 2. The number of rotatable bonds is 3. The van der Waals surface area contributed by atoms with Crippen LogP contribution in [0.1, 0.15) is 44.5 Å². The lowest BCUT2D eigenvalue weighted by Gasteiger charge is -2.18. The number of carbonyl (C=O) groups is 2. The number of hydrogen-bond acceptors (Lipinski definition) is 4. The Hall–Kier alpha value is -2.48. The Morgan fingerprint density at radius 1 is 1.20 bits per heavy atom. The predicted octanol–water partition coefficient (Wildman–Crippen LogP) is 4.91. The molecule has 30 heavy (non-hydrogen) atoms. The number of fused-ring (bicyclic) bond motifs is 2. The number of thiocarbonyl (C=S) groups is 1. The number of benzene rings is 2. The van der Waals surface area contributed by atoms with Crippen LogP contribution in [0.25, 0.3) is 10.8 Å².